The van der Waals surface area contributed by atoms with E-state index in [2.05, 4.69) is 5.32 Å². The van der Waals surface area contributed by atoms with Gasteiger partial charge < -0.3 is 19.0 Å². The van der Waals surface area contributed by atoms with E-state index in [9.17, 15) is 0 Å². The maximum atomic E-state index is 6.01. The lowest BCUT2D eigenvalue weighted by Crippen LogP contribution is -2.59. The molecule has 0 saturated carbocycles. The molecule has 0 saturated heterocycles. The van der Waals surface area contributed by atoms with Crippen molar-refractivity contribution in [1.82, 2.24) is 5.32 Å². The summed E-state index contributed by atoms with van der Waals surface area (Å²) in [4.78, 5) is 0. The topological polar surface area (TPSA) is 65.7 Å². The van der Waals surface area contributed by atoms with Crippen LogP contribution in [0.2, 0.25) is 6.55 Å². The highest BCUT2D eigenvalue weighted by molar-refractivity contribution is 6.59. The molecule has 0 radical (unpaired) electrons. The second-order valence-corrected chi connectivity index (χ2v) is 7.31. The van der Waals surface area contributed by atoms with Crippen LogP contribution in [0.3, 0.4) is 0 Å². The lowest BCUT2D eigenvalue weighted by atomic mass is 10.2. The fraction of sp³-hybridized carbons (Fsp3) is 1.00. The zero-order valence-corrected chi connectivity index (χ0v) is 13.2. The van der Waals surface area contributed by atoms with Gasteiger partial charge in [-0.25, -0.2) is 0 Å². The van der Waals surface area contributed by atoms with E-state index in [1.165, 1.54) is 0 Å². The molecule has 0 spiro atoms. The molecule has 0 aromatic rings. The van der Waals surface area contributed by atoms with Gasteiger partial charge in [-0.2, -0.15) is 0 Å². The minimum Gasteiger partial charge on any atom is -0.377 e. The summed E-state index contributed by atoms with van der Waals surface area (Å²) in [6, 6.07) is 0. The van der Waals surface area contributed by atoms with Crippen LogP contribution >= 0.6 is 0 Å². The van der Waals surface area contributed by atoms with Crippen molar-refractivity contribution in [3.8, 4) is 0 Å². The Morgan fingerprint density at radius 1 is 1.18 bits per heavy atom. The van der Waals surface area contributed by atoms with E-state index in [-0.39, 0.29) is 0 Å². The van der Waals surface area contributed by atoms with Gasteiger partial charge in [0, 0.05) is 13.7 Å². The van der Waals surface area contributed by atoms with E-state index in [1.54, 1.807) is 7.11 Å². The molecule has 0 heterocycles. The Morgan fingerprint density at radius 2 is 1.71 bits per heavy atom. The molecule has 0 bridgehead atoms. The molecular weight excluding hydrogens is 236 g/mol. The summed E-state index contributed by atoms with van der Waals surface area (Å²) < 4.78 is 17.3. The Morgan fingerprint density at radius 3 is 2.00 bits per heavy atom. The standard InChI is InChI=1S/C11H28N2O3Si/c1-8-10(3,12)15-17(7,14-6)16-11(4,9-2)13-5/h13H,8-9,12H2,1-7H3. The highest BCUT2D eigenvalue weighted by atomic mass is 28.4. The van der Waals surface area contributed by atoms with E-state index >= 15 is 0 Å². The van der Waals surface area contributed by atoms with Crippen molar-refractivity contribution in [3.05, 3.63) is 0 Å². The summed E-state index contributed by atoms with van der Waals surface area (Å²) in [7, 11) is 0.713. The third-order valence-electron chi connectivity index (χ3n) is 3.11. The lowest BCUT2D eigenvalue weighted by Gasteiger charge is -2.40. The molecule has 0 fully saturated rings. The highest BCUT2D eigenvalue weighted by Crippen LogP contribution is 2.24. The summed E-state index contributed by atoms with van der Waals surface area (Å²) in [5, 5.41) is 3.13. The quantitative estimate of drug-likeness (QED) is 0.515. The van der Waals surface area contributed by atoms with E-state index in [0.29, 0.717) is 6.42 Å². The van der Waals surface area contributed by atoms with Crippen LogP contribution in [0.15, 0.2) is 0 Å². The van der Waals surface area contributed by atoms with Crippen molar-refractivity contribution in [2.24, 2.45) is 5.73 Å². The average molecular weight is 264 g/mol. The first-order valence-corrected chi connectivity index (χ1v) is 8.31. The Bertz CT molecular complexity index is 235. The van der Waals surface area contributed by atoms with Crippen LogP contribution in [0.5, 0.6) is 0 Å². The Kier molecular flexibility index (Phi) is 6.27. The summed E-state index contributed by atoms with van der Waals surface area (Å²) >= 11 is 0. The smallest absolute Gasteiger partial charge is 0.377 e. The number of rotatable bonds is 8. The lowest BCUT2D eigenvalue weighted by molar-refractivity contribution is -0.0676. The van der Waals surface area contributed by atoms with E-state index in [0.717, 1.165) is 6.42 Å². The van der Waals surface area contributed by atoms with Gasteiger partial charge in [0.2, 0.25) is 0 Å². The van der Waals surface area contributed by atoms with Crippen LogP contribution < -0.4 is 11.1 Å². The van der Waals surface area contributed by atoms with Crippen LogP contribution in [0.1, 0.15) is 40.5 Å². The number of hydrogen-bond acceptors (Lipinski definition) is 5. The molecule has 17 heavy (non-hydrogen) atoms. The fourth-order valence-electron chi connectivity index (χ4n) is 1.31. The average Bonchev–Trinajstić information content (AvgIpc) is 2.28. The van der Waals surface area contributed by atoms with Crippen LogP contribution in [0.4, 0.5) is 0 Å². The van der Waals surface area contributed by atoms with E-state index in [1.807, 2.05) is 41.3 Å². The number of nitrogens with two attached hydrogens (primary N) is 1. The summed E-state index contributed by atoms with van der Waals surface area (Å²) in [5.74, 6) is 0. The van der Waals surface area contributed by atoms with Crippen molar-refractivity contribution in [2.45, 2.75) is 58.5 Å². The van der Waals surface area contributed by atoms with Gasteiger partial charge in [-0.3, -0.25) is 5.32 Å². The van der Waals surface area contributed by atoms with Gasteiger partial charge in [-0.15, -0.1) is 0 Å². The second-order valence-electron chi connectivity index (χ2n) is 4.77. The molecule has 0 amide bonds. The molecule has 6 heteroatoms. The first-order valence-electron chi connectivity index (χ1n) is 6.09. The van der Waals surface area contributed by atoms with Crippen LogP contribution in [-0.4, -0.2) is 34.4 Å². The van der Waals surface area contributed by atoms with Crippen molar-refractivity contribution in [1.29, 1.82) is 0 Å². The molecule has 3 atom stereocenters. The molecule has 5 nitrogen and oxygen atoms in total. The maximum absolute atomic E-state index is 6.01. The first-order chi connectivity index (χ1) is 7.66. The maximum Gasteiger partial charge on any atom is 0.500 e. The molecule has 0 aliphatic heterocycles. The predicted octanol–water partition coefficient (Wildman–Crippen LogP) is 1.67. The summed E-state index contributed by atoms with van der Waals surface area (Å²) in [6.45, 7) is 9.69. The molecule has 0 aliphatic rings. The molecule has 0 aromatic carbocycles. The Hall–Kier alpha value is 0.0169. The fourth-order valence-corrected chi connectivity index (χ4v) is 3.57. The van der Waals surface area contributed by atoms with Crippen molar-refractivity contribution in [3.63, 3.8) is 0 Å². The van der Waals surface area contributed by atoms with Crippen LogP contribution in [-0.2, 0) is 13.3 Å². The van der Waals surface area contributed by atoms with Gasteiger partial charge in [0.1, 0.15) is 11.4 Å². The summed E-state index contributed by atoms with van der Waals surface area (Å²) in [5.41, 5.74) is 4.83. The molecule has 3 unspecified atom stereocenters. The summed E-state index contributed by atoms with van der Waals surface area (Å²) in [6.07, 6.45) is 1.51. The largest absolute Gasteiger partial charge is 0.500 e. The molecule has 0 aliphatic carbocycles. The normalized spacial score (nSPS) is 22.6. The molecular formula is C11H28N2O3Si. The molecule has 104 valence electrons. The van der Waals surface area contributed by atoms with E-state index < -0.39 is 20.3 Å². The van der Waals surface area contributed by atoms with Gasteiger partial charge in [0.15, 0.2) is 0 Å². The minimum absolute atomic E-state index is 0.458. The van der Waals surface area contributed by atoms with Gasteiger partial charge in [-0.05, 0) is 33.7 Å². The van der Waals surface area contributed by atoms with Crippen molar-refractivity contribution in [2.75, 3.05) is 14.2 Å². The van der Waals surface area contributed by atoms with Crippen molar-refractivity contribution >= 4 is 8.80 Å². The van der Waals surface area contributed by atoms with Gasteiger partial charge in [0.05, 0.1) is 0 Å². The Balaban J connectivity index is 4.79. The third-order valence-corrected chi connectivity index (χ3v) is 5.51. The molecule has 0 rings (SSSR count). The third kappa shape index (κ3) is 5.46. The van der Waals surface area contributed by atoms with Gasteiger partial charge >= 0.3 is 8.80 Å². The van der Waals surface area contributed by atoms with Crippen LogP contribution in [0.25, 0.3) is 0 Å². The number of nitrogens with one attached hydrogen (secondary N) is 1. The predicted molar refractivity (Wildman–Crippen MR) is 71.4 cm³/mol. The molecule has 3 N–H and O–H groups in total. The van der Waals surface area contributed by atoms with Crippen LogP contribution in [0, 0.1) is 0 Å². The molecule has 0 aromatic heterocycles. The first kappa shape index (κ1) is 17.0. The zero-order valence-electron chi connectivity index (χ0n) is 12.2. The Labute approximate surface area is 106 Å². The highest BCUT2D eigenvalue weighted by Gasteiger charge is 2.44. The second kappa shape index (κ2) is 6.26. The van der Waals surface area contributed by atoms with Gasteiger partial charge in [-0.1, -0.05) is 13.8 Å². The number of hydrogen-bond donors (Lipinski definition) is 2. The SMILES string of the molecule is CCC(C)(N)O[Si](C)(OC)OC(C)(CC)NC. The van der Waals surface area contributed by atoms with Crippen molar-refractivity contribution < 1.29 is 13.3 Å². The van der Waals surface area contributed by atoms with Gasteiger partial charge in [0.25, 0.3) is 0 Å². The minimum atomic E-state index is -2.74. The van der Waals surface area contributed by atoms with E-state index in [4.69, 9.17) is 19.0 Å². The zero-order chi connectivity index (χ0) is 13.7. The monoisotopic (exact) mass is 264 g/mol.